The zero-order chi connectivity index (χ0) is 11.8. The Bertz CT molecular complexity index is 597. The van der Waals surface area contributed by atoms with Gasteiger partial charge in [-0.3, -0.25) is 4.90 Å². The van der Waals surface area contributed by atoms with Crippen molar-refractivity contribution in [2.45, 2.75) is 0 Å². The first-order valence-electron chi connectivity index (χ1n) is 5.39. The van der Waals surface area contributed by atoms with Crippen molar-refractivity contribution >= 4 is 38.5 Å². The van der Waals surface area contributed by atoms with Gasteiger partial charge in [-0.05, 0) is 17.5 Å². The number of cyclic esters (lactones) is 1. The fraction of sp³-hybridized carbons (Fsp3) is 0.154. The minimum absolute atomic E-state index is 0.266. The Hall–Kier alpha value is -1.55. The summed E-state index contributed by atoms with van der Waals surface area (Å²) in [5.41, 5.74) is 0.909. The normalized spacial score (nSPS) is 15.4. The molecule has 2 aromatic carbocycles. The molecule has 0 aromatic heterocycles. The molecule has 1 saturated heterocycles. The quantitative estimate of drug-likeness (QED) is 0.804. The summed E-state index contributed by atoms with van der Waals surface area (Å²) in [6, 6.07) is 11.9. The van der Waals surface area contributed by atoms with E-state index in [2.05, 4.69) is 15.9 Å². The van der Waals surface area contributed by atoms with Crippen LogP contribution in [0.1, 0.15) is 0 Å². The molecule has 1 aliphatic heterocycles. The van der Waals surface area contributed by atoms with E-state index in [1.165, 1.54) is 0 Å². The number of ether oxygens (including phenoxy) is 1. The SMILES string of the molecule is O=C1OCCN1c1ccc(Br)c2ccccc12. The largest absolute Gasteiger partial charge is 0.447 e. The molecule has 1 aliphatic rings. The second-order valence-corrected chi connectivity index (χ2v) is 4.73. The van der Waals surface area contributed by atoms with Crippen molar-refractivity contribution in [2.75, 3.05) is 18.1 Å². The van der Waals surface area contributed by atoms with Crippen molar-refractivity contribution < 1.29 is 9.53 Å². The molecule has 0 unspecified atom stereocenters. The first-order chi connectivity index (χ1) is 8.27. The molecule has 0 atom stereocenters. The fourth-order valence-electron chi connectivity index (χ4n) is 2.09. The maximum absolute atomic E-state index is 11.6. The number of rotatable bonds is 1. The number of benzene rings is 2. The average molecular weight is 292 g/mol. The summed E-state index contributed by atoms with van der Waals surface area (Å²) >= 11 is 3.52. The van der Waals surface area contributed by atoms with Crippen LogP contribution in [0.3, 0.4) is 0 Å². The van der Waals surface area contributed by atoms with Crippen LogP contribution < -0.4 is 4.90 Å². The molecule has 0 bridgehead atoms. The second-order valence-electron chi connectivity index (χ2n) is 3.88. The van der Waals surface area contributed by atoms with Gasteiger partial charge in [0.15, 0.2) is 0 Å². The van der Waals surface area contributed by atoms with Crippen LogP contribution in [-0.4, -0.2) is 19.2 Å². The van der Waals surface area contributed by atoms with Gasteiger partial charge in [0.05, 0.1) is 12.2 Å². The first kappa shape index (κ1) is 10.6. The van der Waals surface area contributed by atoms with E-state index in [4.69, 9.17) is 4.74 Å². The summed E-state index contributed by atoms with van der Waals surface area (Å²) in [5, 5.41) is 2.16. The zero-order valence-electron chi connectivity index (χ0n) is 9.02. The number of amides is 1. The summed E-state index contributed by atoms with van der Waals surface area (Å²) in [7, 11) is 0. The number of halogens is 1. The van der Waals surface area contributed by atoms with E-state index in [0.717, 1.165) is 20.9 Å². The monoisotopic (exact) mass is 291 g/mol. The van der Waals surface area contributed by atoms with Crippen LogP contribution in [0.4, 0.5) is 10.5 Å². The third-order valence-electron chi connectivity index (χ3n) is 2.90. The van der Waals surface area contributed by atoms with E-state index in [9.17, 15) is 4.79 Å². The van der Waals surface area contributed by atoms with Crippen molar-refractivity contribution in [1.29, 1.82) is 0 Å². The van der Waals surface area contributed by atoms with Crippen molar-refractivity contribution in [3.05, 3.63) is 40.9 Å². The van der Waals surface area contributed by atoms with Gasteiger partial charge in [-0.25, -0.2) is 4.79 Å². The molecule has 1 amide bonds. The van der Waals surface area contributed by atoms with Crippen LogP contribution >= 0.6 is 15.9 Å². The van der Waals surface area contributed by atoms with E-state index in [1.54, 1.807) is 4.90 Å². The molecule has 0 spiro atoms. The van der Waals surface area contributed by atoms with Gasteiger partial charge >= 0.3 is 6.09 Å². The predicted molar refractivity (Wildman–Crippen MR) is 70.3 cm³/mol. The number of carbonyl (C=O) groups is 1. The lowest BCUT2D eigenvalue weighted by atomic mass is 10.1. The minimum atomic E-state index is -0.266. The number of carbonyl (C=O) groups excluding carboxylic acids is 1. The van der Waals surface area contributed by atoms with Crippen molar-refractivity contribution in [1.82, 2.24) is 0 Å². The van der Waals surface area contributed by atoms with Crippen LogP contribution in [-0.2, 0) is 4.74 Å². The molecule has 3 rings (SSSR count). The molecule has 17 heavy (non-hydrogen) atoms. The van der Waals surface area contributed by atoms with Crippen LogP contribution in [0.15, 0.2) is 40.9 Å². The summed E-state index contributed by atoms with van der Waals surface area (Å²) in [6.07, 6.45) is -0.266. The lowest BCUT2D eigenvalue weighted by Crippen LogP contribution is -2.23. The Kier molecular flexibility index (Phi) is 2.52. The van der Waals surface area contributed by atoms with Gasteiger partial charge in [-0.1, -0.05) is 40.2 Å². The van der Waals surface area contributed by atoms with Gasteiger partial charge in [0.25, 0.3) is 0 Å². The molecule has 3 nitrogen and oxygen atoms in total. The molecule has 0 N–H and O–H groups in total. The number of anilines is 1. The van der Waals surface area contributed by atoms with Gasteiger partial charge in [0, 0.05) is 9.86 Å². The van der Waals surface area contributed by atoms with E-state index < -0.39 is 0 Å². The molecule has 0 aliphatic carbocycles. The van der Waals surface area contributed by atoms with Crippen LogP contribution in [0.25, 0.3) is 10.8 Å². The zero-order valence-corrected chi connectivity index (χ0v) is 10.6. The Labute approximate surface area is 107 Å². The molecule has 1 fully saturated rings. The topological polar surface area (TPSA) is 29.5 Å². The van der Waals surface area contributed by atoms with E-state index >= 15 is 0 Å². The van der Waals surface area contributed by atoms with Crippen LogP contribution in [0.5, 0.6) is 0 Å². The molecule has 4 heteroatoms. The number of hydrogen-bond donors (Lipinski definition) is 0. The maximum Gasteiger partial charge on any atom is 0.414 e. The fourth-order valence-corrected chi connectivity index (χ4v) is 2.57. The highest BCUT2D eigenvalue weighted by Gasteiger charge is 2.25. The molecule has 86 valence electrons. The smallest absolute Gasteiger partial charge is 0.414 e. The van der Waals surface area contributed by atoms with Gasteiger partial charge in [0.2, 0.25) is 0 Å². The maximum atomic E-state index is 11.6. The lowest BCUT2D eigenvalue weighted by molar-refractivity contribution is 0.181. The molecular weight excluding hydrogens is 282 g/mol. The summed E-state index contributed by atoms with van der Waals surface area (Å²) in [5.74, 6) is 0. The Morgan fingerprint density at radius 1 is 1.12 bits per heavy atom. The highest BCUT2D eigenvalue weighted by molar-refractivity contribution is 9.10. The number of fused-ring (bicyclic) bond motifs is 1. The number of nitrogens with zero attached hydrogens (tertiary/aromatic N) is 1. The molecule has 0 radical (unpaired) electrons. The first-order valence-corrected chi connectivity index (χ1v) is 6.18. The molecule has 2 aromatic rings. The van der Waals surface area contributed by atoms with Crippen molar-refractivity contribution in [2.24, 2.45) is 0 Å². The standard InChI is InChI=1S/C13H10BrNO2/c14-11-5-6-12(15-7-8-17-13(15)16)10-4-2-1-3-9(10)11/h1-6H,7-8H2. The van der Waals surface area contributed by atoms with Gasteiger partial charge < -0.3 is 4.74 Å². The van der Waals surface area contributed by atoms with Crippen molar-refractivity contribution in [3.63, 3.8) is 0 Å². The van der Waals surface area contributed by atoms with E-state index in [-0.39, 0.29) is 6.09 Å². The van der Waals surface area contributed by atoms with E-state index in [1.807, 2.05) is 36.4 Å². The van der Waals surface area contributed by atoms with Gasteiger partial charge in [-0.15, -0.1) is 0 Å². The Morgan fingerprint density at radius 2 is 1.88 bits per heavy atom. The second kappa shape index (κ2) is 4.04. The third kappa shape index (κ3) is 1.69. The molecular formula is C13H10BrNO2. The lowest BCUT2D eigenvalue weighted by Gasteiger charge is -2.16. The van der Waals surface area contributed by atoms with Crippen LogP contribution in [0.2, 0.25) is 0 Å². The highest BCUT2D eigenvalue weighted by atomic mass is 79.9. The molecule has 0 saturated carbocycles. The molecule has 1 heterocycles. The summed E-state index contributed by atoms with van der Waals surface area (Å²) in [4.78, 5) is 13.3. The van der Waals surface area contributed by atoms with Crippen molar-refractivity contribution in [3.8, 4) is 0 Å². The van der Waals surface area contributed by atoms with E-state index in [0.29, 0.717) is 13.2 Å². The van der Waals surface area contributed by atoms with Gasteiger partial charge in [-0.2, -0.15) is 0 Å². The minimum Gasteiger partial charge on any atom is -0.447 e. The third-order valence-corrected chi connectivity index (χ3v) is 3.59. The summed E-state index contributed by atoms with van der Waals surface area (Å²) < 4.78 is 6.01. The Morgan fingerprint density at radius 3 is 2.59 bits per heavy atom. The van der Waals surface area contributed by atoms with Gasteiger partial charge in [0.1, 0.15) is 6.61 Å². The Balaban J connectivity index is 2.23. The number of hydrogen-bond acceptors (Lipinski definition) is 2. The summed E-state index contributed by atoms with van der Waals surface area (Å²) in [6.45, 7) is 1.08. The highest BCUT2D eigenvalue weighted by Crippen LogP contribution is 2.33. The predicted octanol–water partition coefficient (Wildman–Crippen LogP) is 3.56. The average Bonchev–Trinajstić information content (AvgIpc) is 2.77. The van der Waals surface area contributed by atoms with Crippen LogP contribution in [0, 0.1) is 0 Å².